The van der Waals surface area contributed by atoms with Gasteiger partial charge >= 0.3 is 0 Å². The highest BCUT2D eigenvalue weighted by molar-refractivity contribution is 5.75. The third kappa shape index (κ3) is 4.27. The van der Waals surface area contributed by atoms with Crippen LogP contribution in [0.2, 0.25) is 0 Å². The summed E-state index contributed by atoms with van der Waals surface area (Å²) >= 11 is 0. The molecule has 1 rings (SSSR count). The van der Waals surface area contributed by atoms with Crippen LogP contribution in [0.4, 0.5) is 0 Å². The first-order valence-corrected chi connectivity index (χ1v) is 5.21. The van der Waals surface area contributed by atoms with Crippen molar-refractivity contribution in [2.75, 3.05) is 13.2 Å². The van der Waals surface area contributed by atoms with Crippen molar-refractivity contribution in [3.63, 3.8) is 0 Å². The SMILES string of the molecule is CCCCC(=O)NC[C@@H]1CCCO1. The van der Waals surface area contributed by atoms with Gasteiger partial charge in [-0.3, -0.25) is 4.79 Å². The molecule has 1 saturated heterocycles. The van der Waals surface area contributed by atoms with Crippen LogP contribution in [0.3, 0.4) is 0 Å². The van der Waals surface area contributed by atoms with E-state index in [4.69, 9.17) is 4.74 Å². The maximum Gasteiger partial charge on any atom is 0.220 e. The molecule has 13 heavy (non-hydrogen) atoms. The smallest absolute Gasteiger partial charge is 0.220 e. The lowest BCUT2D eigenvalue weighted by molar-refractivity contribution is -0.121. The molecule has 0 aromatic carbocycles. The van der Waals surface area contributed by atoms with E-state index in [1.54, 1.807) is 0 Å². The van der Waals surface area contributed by atoms with Crippen molar-refractivity contribution in [2.24, 2.45) is 0 Å². The minimum absolute atomic E-state index is 0.164. The Morgan fingerprint density at radius 1 is 1.62 bits per heavy atom. The number of unbranched alkanes of at least 4 members (excludes halogenated alkanes) is 1. The Hall–Kier alpha value is -0.570. The zero-order valence-corrected chi connectivity index (χ0v) is 8.34. The van der Waals surface area contributed by atoms with Gasteiger partial charge < -0.3 is 10.1 Å². The van der Waals surface area contributed by atoms with Gasteiger partial charge in [0, 0.05) is 19.6 Å². The Labute approximate surface area is 79.8 Å². The van der Waals surface area contributed by atoms with Crippen molar-refractivity contribution in [3.05, 3.63) is 0 Å². The Morgan fingerprint density at radius 2 is 2.46 bits per heavy atom. The van der Waals surface area contributed by atoms with Crippen molar-refractivity contribution in [3.8, 4) is 0 Å². The summed E-state index contributed by atoms with van der Waals surface area (Å²) in [6.07, 6.45) is 5.21. The van der Waals surface area contributed by atoms with Crippen molar-refractivity contribution in [1.29, 1.82) is 0 Å². The fourth-order valence-electron chi connectivity index (χ4n) is 1.46. The lowest BCUT2D eigenvalue weighted by atomic mass is 10.2. The van der Waals surface area contributed by atoms with Gasteiger partial charge in [-0.15, -0.1) is 0 Å². The molecule has 1 fully saturated rings. The van der Waals surface area contributed by atoms with Crippen LogP contribution in [-0.4, -0.2) is 25.2 Å². The molecule has 3 nitrogen and oxygen atoms in total. The Bertz CT molecular complexity index is 153. The quantitative estimate of drug-likeness (QED) is 0.704. The van der Waals surface area contributed by atoms with E-state index in [-0.39, 0.29) is 12.0 Å². The van der Waals surface area contributed by atoms with E-state index in [1.807, 2.05) is 0 Å². The Kier molecular flexibility index (Phi) is 4.83. The van der Waals surface area contributed by atoms with Gasteiger partial charge in [-0.25, -0.2) is 0 Å². The predicted octanol–water partition coefficient (Wildman–Crippen LogP) is 1.47. The van der Waals surface area contributed by atoms with Crippen molar-refractivity contribution >= 4 is 5.91 Å². The molecule has 0 aromatic rings. The average Bonchev–Trinajstić information content (AvgIpc) is 2.64. The van der Waals surface area contributed by atoms with Gasteiger partial charge in [0.2, 0.25) is 5.91 Å². The minimum atomic E-state index is 0.164. The summed E-state index contributed by atoms with van der Waals surface area (Å²) in [5, 5.41) is 2.90. The number of carbonyl (C=O) groups is 1. The molecule has 1 amide bonds. The van der Waals surface area contributed by atoms with Crippen LogP contribution < -0.4 is 5.32 Å². The van der Waals surface area contributed by atoms with Gasteiger partial charge in [0.15, 0.2) is 0 Å². The van der Waals surface area contributed by atoms with Gasteiger partial charge in [0.25, 0.3) is 0 Å². The van der Waals surface area contributed by atoms with Crippen molar-refractivity contribution in [1.82, 2.24) is 5.32 Å². The van der Waals surface area contributed by atoms with Crippen molar-refractivity contribution < 1.29 is 9.53 Å². The summed E-state index contributed by atoms with van der Waals surface area (Å²) < 4.78 is 5.39. The monoisotopic (exact) mass is 185 g/mol. The second-order valence-electron chi connectivity index (χ2n) is 3.54. The molecule has 76 valence electrons. The first-order valence-electron chi connectivity index (χ1n) is 5.21. The molecule has 0 unspecified atom stereocenters. The summed E-state index contributed by atoms with van der Waals surface area (Å²) in [6.45, 7) is 3.64. The molecule has 1 aliphatic rings. The topological polar surface area (TPSA) is 38.3 Å². The van der Waals surface area contributed by atoms with Crippen LogP contribution >= 0.6 is 0 Å². The summed E-state index contributed by atoms with van der Waals surface area (Å²) in [5.74, 6) is 0.164. The van der Waals surface area contributed by atoms with Crippen LogP contribution in [-0.2, 0) is 9.53 Å². The van der Waals surface area contributed by atoms with E-state index in [0.717, 1.165) is 32.3 Å². The third-order valence-corrected chi connectivity index (χ3v) is 2.31. The molecule has 0 aliphatic carbocycles. The standard InChI is InChI=1S/C10H19NO2/c1-2-3-6-10(12)11-8-9-5-4-7-13-9/h9H,2-8H2,1H3,(H,11,12)/t9-/m0/s1. The first kappa shape index (κ1) is 10.5. The van der Waals surface area contributed by atoms with Crippen molar-refractivity contribution in [2.45, 2.75) is 45.1 Å². The van der Waals surface area contributed by atoms with Gasteiger partial charge in [-0.1, -0.05) is 13.3 Å². The molecule has 3 heteroatoms. The second-order valence-corrected chi connectivity index (χ2v) is 3.54. The summed E-state index contributed by atoms with van der Waals surface area (Å²) in [4.78, 5) is 11.2. The number of amides is 1. The highest BCUT2D eigenvalue weighted by Gasteiger charge is 2.15. The maximum absolute atomic E-state index is 11.2. The van der Waals surface area contributed by atoms with E-state index in [0.29, 0.717) is 13.0 Å². The molecule has 0 saturated carbocycles. The number of ether oxygens (including phenoxy) is 1. The number of carbonyl (C=O) groups excluding carboxylic acids is 1. The van der Waals surface area contributed by atoms with E-state index < -0.39 is 0 Å². The van der Waals surface area contributed by atoms with E-state index in [1.165, 1.54) is 0 Å². The molecule has 0 spiro atoms. The second kappa shape index (κ2) is 5.97. The van der Waals surface area contributed by atoms with Crippen LogP contribution in [0.15, 0.2) is 0 Å². The van der Waals surface area contributed by atoms with E-state index in [9.17, 15) is 4.79 Å². The van der Waals surface area contributed by atoms with Crippen LogP contribution in [0.5, 0.6) is 0 Å². The molecule has 0 bridgehead atoms. The summed E-state index contributed by atoms with van der Waals surface area (Å²) in [6, 6.07) is 0. The van der Waals surface area contributed by atoms with Gasteiger partial charge in [-0.2, -0.15) is 0 Å². The normalized spacial score (nSPS) is 21.8. The zero-order valence-electron chi connectivity index (χ0n) is 8.34. The first-order chi connectivity index (χ1) is 6.33. The van der Waals surface area contributed by atoms with Gasteiger partial charge in [0.05, 0.1) is 6.10 Å². The zero-order chi connectivity index (χ0) is 9.52. The van der Waals surface area contributed by atoms with Crippen LogP contribution in [0, 0.1) is 0 Å². The average molecular weight is 185 g/mol. The number of nitrogens with one attached hydrogen (secondary N) is 1. The third-order valence-electron chi connectivity index (χ3n) is 2.31. The molecular weight excluding hydrogens is 166 g/mol. The molecule has 1 aliphatic heterocycles. The lowest BCUT2D eigenvalue weighted by Gasteiger charge is -2.10. The Balaban J connectivity index is 2.00. The summed E-state index contributed by atoms with van der Waals surface area (Å²) in [7, 11) is 0. The van der Waals surface area contributed by atoms with E-state index >= 15 is 0 Å². The van der Waals surface area contributed by atoms with E-state index in [2.05, 4.69) is 12.2 Å². The number of hydrogen-bond acceptors (Lipinski definition) is 2. The summed E-state index contributed by atoms with van der Waals surface area (Å²) in [5.41, 5.74) is 0. The Morgan fingerprint density at radius 3 is 3.08 bits per heavy atom. The lowest BCUT2D eigenvalue weighted by Crippen LogP contribution is -2.31. The molecule has 0 aromatic heterocycles. The largest absolute Gasteiger partial charge is 0.376 e. The van der Waals surface area contributed by atoms with Gasteiger partial charge in [-0.05, 0) is 19.3 Å². The highest BCUT2D eigenvalue weighted by atomic mass is 16.5. The fourth-order valence-corrected chi connectivity index (χ4v) is 1.46. The number of rotatable bonds is 5. The fraction of sp³-hybridized carbons (Fsp3) is 0.900. The number of hydrogen-bond donors (Lipinski definition) is 1. The molecule has 1 N–H and O–H groups in total. The van der Waals surface area contributed by atoms with Gasteiger partial charge in [0.1, 0.15) is 0 Å². The van der Waals surface area contributed by atoms with Crippen LogP contribution in [0.25, 0.3) is 0 Å². The molecular formula is C10H19NO2. The minimum Gasteiger partial charge on any atom is -0.376 e. The predicted molar refractivity (Wildman–Crippen MR) is 51.5 cm³/mol. The molecule has 1 heterocycles. The van der Waals surface area contributed by atoms with Crippen LogP contribution in [0.1, 0.15) is 39.0 Å². The highest BCUT2D eigenvalue weighted by Crippen LogP contribution is 2.10. The maximum atomic E-state index is 11.2. The molecule has 1 atom stereocenters. The molecule has 0 radical (unpaired) electrons.